The number of halogens is 2. The molecule has 0 bridgehead atoms. The second-order valence-electron chi connectivity index (χ2n) is 3.87. The van der Waals surface area contributed by atoms with E-state index < -0.39 is 0 Å². The molecule has 0 N–H and O–H groups in total. The van der Waals surface area contributed by atoms with Gasteiger partial charge in [0.05, 0.1) is 0 Å². The van der Waals surface area contributed by atoms with Crippen molar-refractivity contribution in [2.45, 2.75) is 26.2 Å². The maximum Gasteiger partial charge on any atom is 0.127 e. The Morgan fingerprint density at radius 2 is 1.83 bits per heavy atom. The smallest absolute Gasteiger partial charge is 0.127 e. The maximum atomic E-state index is 13.2. The summed E-state index contributed by atoms with van der Waals surface area (Å²) in [4.78, 5) is 0. The second kappa shape index (κ2) is 3.06. The highest BCUT2D eigenvalue weighted by molar-refractivity contribution is 6.30. The van der Waals surface area contributed by atoms with Crippen LogP contribution in [-0.2, 0) is 5.41 Å². The third kappa shape index (κ3) is 1.98. The average molecular weight is 187 g/mol. The fraction of sp³-hybridized carbons (Fsp3) is 0.400. The molecule has 0 aliphatic rings. The normalized spacial score (nSPS) is 11.8. The van der Waals surface area contributed by atoms with Crippen molar-refractivity contribution in [1.82, 2.24) is 0 Å². The summed E-state index contributed by atoms with van der Waals surface area (Å²) >= 11 is 5.76. The van der Waals surface area contributed by atoms with E-state index in [1.807, 2.05) is 20.8 Å². The highest BCUT2D eigenvalue weighted by atomic mass is 35.5. The molecule has 0 aliphatic carbocycles. The molecule has 1 aromatic carbocycles. The Labute approximate surface area is 77.4 Å². The first-order valence-corrected chi connectivity index (χ1v) is 4.24. The maximum absolute atomic E-state index is 13.2. The van der Waals surface area contributed by atoms with Crippen LogP contribution < -0.4 is 0 Å². The SMILES string of the molecule is CC(C)(C)c1cc(Cl)ccc1F. The molecule has 1 rings (SSSR count). The molecule has 2 heteroatoms. The first-order chi connectivity index (χ1) is 5.41. The molecule has 0 aliphatic heterocycles. The van der Waals surface area contributed by atoms with Gasteiger partial charge in [-0.1, -0.05) is 32.4 Å². The lowest BCUT2D eigenvalue weighted by Gasteiger charge is -2.19. The van der Waals surface area contributed by atoms with Gasteiger partial charge in [-0.25, -0.2) is 4.39 Å². The summed E-state index contributed by atoms with van der Waals surface area (Å²) in [5.74, 6) is -0.188. The summed E-state index contributed by atoms with van der Waals surface area (Å²) in [6.45, 7) is 5.88. The van der Waals surface area contributed by atoms with Gasteiger partial charge in [-0.2, -0.15) is 0 Å². The quantitative estimate of drug-likeness (QED) is 0.579. The predicted octanol–water partition coefficient (Wildman–Crippen LogP) is 3.78. The molecule has 0 saturated heterocycles. The van der Waals surface area contributed by atoms with Crippen LogP contribution in [0.15, 0.2) is 18.2 Å². The highest BCUT2D eigenvalue weighted by Crippen LogP contribution is 2.27. The van der Waals surface area contributed by atoms with Gasteiger partial charge in [0.1, 0.15) is 5.82 Å². The van der Waals surface area contributed by atoms with Crippen LogP contribution in [0.5, 0.6) is 0 Å². The molecule has 0 nitrogen and oxygen atoms in total. The van der Waals surface area contributed by atoms with E-state index in [0.717, 1.165) is 0 Å². The van der Waals surface area contributed by atoms with Crippen LogP contribution in [0.2, 0.25) is 5.02 Å². The molecule has 0 atom stereocenters. The van der Waals surface area contributed by atoms with Gasteiger partial charge in [-0.05, 0) is 29.2 Å². The van der Waals surface area contributed by atoms with Crippen LogP contribution in [0.3, 0.4) is 0 Å². The lowest BCUT2D eigenvalue weighted by atomic mass is 9.87. The minimum atomic E-state index is -0.188. The lowest BCUT2D eigenvalue weighted by molar-refractivity contribution is 0.523. The second-order valence-corrected chi connectivity index (χ2v) is 4.31. The molecule has 0 unspecified atom stereocenters. The van der Waals surface area contributed by atoms with Crippen LogP contribution in [-0.4, -0.2) is 0 Å². The third-order valence-electron chi connectivity index (χ3n) is 1.74. The number of rotatable bonds is 0. The molecule has 0 saturated carbocycles. The molecule has 1 aromatic rings. The van der Waals surface area contributed by atoms with Gasteiger partial charge < -0.3 is 0 Å². The van der Waals surface area contributed by atoms with E-state index in [1.54, 1.807) is 12.1 Å². The monoisotopic (exact) mass is 186 g/mol. The van der Waals surface area contributed by atoms with Gasteiger partial charge in [0.2, 0.25) is 0 Å². The van der Waals surface area contributed by atoms with E-state index >= 15 is 0 Å². The summed E-state index contributed by atoms with van der Waals surface area (Å²) in [6.07, 6.45) is 0. The van der Waals surface area contributed by atoms with Gasteiger partial charge in [0.25, 0.3) is 0 Å². The van der Waals surface area contributed by atoms with Crippen LogP contribution in [0.4, 0.5) is 4.39 Å². The van der Waals surface area contributed by atoms with Crippen molar-refractivity contribution in [3.8, 4) is 0 Å². The fourth-order valence-corrected chi connectivity index (χ4v) is 1.24. The average Bonchev–Trinajstić information content (AvgIpc) is 1.92. The molecule has 0 amide bonds. The van der Waals surface area contributed by atoms with Gasteiger partial charge in [-0.15, -0.1) is 0 Å². The molecule has 12 heavy (non-hydrogen) atoms. The summed E-state index contributed by atoms with van der Waals surface area (Å²) in [5.41, 5.74) is 0.477. The van der Waals surface area contributed by atoms with E-state index in [2.05, 4.69) is 0 Å². The summed E-state index contributed by atoms with van der Waals surface area (Å²) < 4.78 is 13.2. The van der Waals surface area contributed by atoms with Gasteiger partial charge >= 0.3 is 0 Å². The first kappa shape index (κ1) is 9.53. The van der Waals surface area contributed by atoms with E-state index in [-0.39, 0.29) is 11.2 Å². The molecular weight excluding hydrogens is 175 g/mol. The highest BCUT2D eigenvalue weighted by Gasteiger charge is 2.18. The van der Waals surface area contributed by atoms with E-state index in [9.17, 15) is 4.39 Å². The zero-order chi connectivity index (χ0) is 9.35. The van der Waals surface area contributed by atoms with Gasteiger partial charge in [0, 0.05) is 5.02 Å². The van der Waals surface area contributed by atoms with Crippen molar-refractivity contribution in [3.05, 3.63) is 34.6 Å². The summed E-state index contributed by atoms with van der Waals surface area (Å²) in [6, 6.07) is 4.64. The Balaban J connectivity index is 3.23. The predicted molar refractivity (Wildman–Crippen MR) is 50.1 cm³/mol. The molecular formula is C10H12ClF. The Morgan fingerprint density at radius 3 is 2.25 bits per heavy atom. The standard InChI is InChI=1S/C10H12ClF/c1-10(2,3)8-6-7(11)4-5-9(8)12/h4-6H,1-3H3. The van der Waals surface area contributed by atoms with Crippen molar-refractivity contribution in [3.63, 3.8) is 0 Å². The van der Waals surface area contributed by atoms with Crippen molar-refractivity contribution in [2.24, 2.45) is 0 Å². The summed E-state index contributed by atoms with van der Waals surface area (Å²) in [5, 5.41) is 0.585. The lowest BCUT2D eigenvalue weighted by Crippen LogP contribution is -2.13. The summed E-state index contributed by atoms with van der Waals surface area (Å²) in [7, 11) is 0. The molecule has 0 heterocycles. The molecule has 0 fully saturated rings. The van der Waals surface area contributed by atoms with Crippen molar-refractivity contribution in [2.75, 3.05) is 0 Å². The molecule has 0 spiro atoms. The van der Waals surface area contributed by atoms with Gasteiger partial charge in [0.15, 0.2) is 0 Å². The number of benzene rings is 1. The van der Waals surface area contributed by atoms with E-state index in [0.29, 0.717) is 10.6 Å². The van der Waals surface area contributed by atoms with Crippen LogP contribution >= 0.6 is 11.6 Å². The Bertz CT molecular complexity index is 286. The number of hydrogen-bond donors (Lipinski definition) is 0. The van der Waals surface area contributed by atoms with Crippen molar-refractivity contribution >= 4 is 11.6 Å². The minimum absolute atomic E-state index is 0.186. The van der Waals surface area contributed by atoms with Crippen LogP contribution in [0.1, 0.15) is 26.3 Å². The largest absolute Gasteiger partial charge is 0.207 e. The molecule has 0 aromatic heterocycles. The van der Waals surface area contributed by atoms with Crippen molar-refractivity contribution < 1.29 is 4.39 Å². The Hall–Kier alpha value is -0.560. The van der Waals surface area contributed by atoms with E-state index in [1.165, 1.54) is 6.07 Å². The van der Waals surface area contributed by atoms with E-state index in [4.69, 9.17) is 11.6 Å². The third-order valence-corrected chi connectivity index (χ3v) is 1.97. The Morgan fingerprint density at radius 1 is 1.25 bits per heavy atom. The minimum Gasteiger partial charge on any atom is -0.207 e. The zero-order valence-corrected chi connectivity index (χ0v) is 8.24. The van der Waals surface area contributed by atoms with Crippen LogP contribution in [0.25, 0.3) is 0 Å². The fourth-order valence-electron chi connectivity index (χ4n) is 1.07. The van der Waals surface area contributed by atoms with Gasteiger partial charge in [-0.3, -0.25) is 0 Å². The molecule has 66 valence electrons. The topological polar surface area (TPSA) is 0 Å². The zero-order valence-electron chi connectivity index (χ0n) is 7.49. The number of hydrogen-bond acceptors (Lipinski definition) is 0. The van der Waals surface area contributed by atoms with Crippen molar-refractivity contribution in [1.29, 1.82) is 0 Å². The van der Waals surface area contributed by atoms with Crippen LogP contribution in [0, 0.1) is 5.82 Å². The Kier molecular flexibility index (Phi) is 2.43. The first-order valence-electron chi connectivity index (χ1n) is 3.87. The molecule has 0 radical (unpaired) electrons.